The summed E-state index contributed by atoms with van der Waals surface area (Å²) in [5.74, 6) is -1.28. The van der Waals surface area contributed by atoms with Crippen LogP contribution >= 0.6 is 12.2 Å². The lowest BCUT2D eigenvalue weighted by Gasteiger charge is -2.36. The molecule has 0 amide bonds. The Hall–Kier alpha value is -1.11. The fourth-order valence-corrected chi connectivity index (χ4v) is 2.67. The van der Waals surface area contributed by atoms with Gasteiger partial charge in [0.1, 0.15) is 11.6 Å². The van der Waals surface area contributed by atoms with Crippen LogP contribution in [0.2, 0.25) is 0 Å². The molecule has 2 rings (SSSR count). The monoisotopic (exact) mass is 286 g/mol. The van der Waals surface area contributed by atoms with Gasteiger partial charge in [-0.15, -0.1) is 0 Å². The van der Waals surface area contributed by atoms with E-state index in [1.165, 1.54) is 12.1 Å². The van der Waals surface area contributed by atoms with Crippen molar-refractivity contribution in [2.45, 2.75) is 25.0 Å². The molecule has 1 aliphatic rings. The molecule has 1 heterocycles. The molecule has 1 aliphatic heterocycles. The third kappa shape index (κ3) is 3.26. The zero-order valence-electron chi connectivity index (χ0n) is 10.4. The van der Waals surface area contributed by atoms with Gasteiger partial charge in [-0.25, -0.2) is 8.78 Å². The highest BCUT2D eigenvalue weighted by atomic mass is 32.1. The van der Waals surface area contributed by atoms with E-state index in [0.29, 0.717) is 25.9 Å². The van der Waals surface area contributed by atoms with Crippen LogP contribution in [-0.4, -0.2) is 34.2 Å². The highest BCUT2D eigenvalue weighted by Gasteiger charge is 2.29. The highest BCUT2D eigenvalue weighted by molar-refractivity contribution is 7.80. The predicted octanol–water partition coefficient (Wildman–Crippen LogP) is 1.75. The van der Waals surface area contributed by atoms with E-state index in [9.17, 15) is 13.9 Å². The van der Waals surface area contributed by atoms with Gasteiger partial charge in [-0.05, 0) is 18.9 Å². The molecule has 1 aromatic rings. The number of hydrogen-bond donors (Lipinski definition) is 2. The molecule has 3 N–H and O–H groups in total. The van der Waals surface area contributed by atoms with Crippen LogP contribution < -0.4 is 5.73 Å². The van der Waals surface area contributed by atoms with Gasteiger partial charge in [0.25, 0.3) is 0 Å². The lowest BCUT2D eigenvalue weighted by molar-refractivity contribution is 0.0733. The summed E-state index contributed by atoms with van der Waals surface area (Å²) in [5.41, 5.74) is 5.99. The molecule has 0 aromatic heterocycles. The van der Waals surface area contributed by atoms with Crippen LogP contribution in [0.15, 0.2) is 18.2 Å². The van der Waals surface area contributed by atoms with E-state index < -0.39 is 17.7 Å². The molecule has 104 valence electrons. The summed E-state index contributed by atoms with van der Waals surface area (Å²) < 4.78 is 26.8. The maximum Gasteiger partial charge on any atom is 0.131 e. The summed E-state index contributed by atoms with van der Waals surface area (Å²) >= 11 is 5.01. The molecule has 0 radical (unpaired) electrons. The van der Waals surface area contributed by atoms with E-state index in [-0.39, 0.29) is 16.7 Å². The van der Waals surface area contributed by atoms with Crippen molar-refractivity contribution >= 4 is 17.2 Å². The second-order valence-corrected chi connectivity index (χ2v) is 5.21. The highest BCUT2D eigenvalue weighted by Crippen LogP contribution is 2.27. The number of hydrogen-bond acceptors (Lipinski definition) is 3. The van der Waals surface area contributed by atoms with Crippen LogP contribution in [0.5, 0.6) is 0 Å². The van der Waals surface area contributed by atoms with Crippen molar-refractivity contribution in [3.8, 4) is 0 Å². The molecule has 19 heavy (non-hydrogen) atoms. The van der Waals surface area contributed by atoms with Crippen molar-refractivity contribution in [2.75, 3.05) is 13.1 Å². The summed E-state index contributed by atoms with van der Waals surface area (Å²) in [7, 11) is 0. The van der Waals surface area contributed by atoms with Crippen LogP contribution in [0.4, 0.5) is 8.78 Å². The summed E-state index contributed by atoms with van der Waals surface area (Å²) in [4.78, 5) is 2.08. The normalized spacial score (nSPS) is 19.3. The molecule has 1 fully saturated rings. The van der Waals surface area contributed by atoms with E-state index >= 15 is 0 Å². The minimum atomic E-state index is -0.649. The van der Waals surface area contributed by atoms with E-state index in [1.54, 1.807) is 0 Å². The molecule has 1 unspecified atom stereocenters. The van der Waals surface area contributed by atoms with Gasteiger partial charge >= 0.3 is 0 Å². The topological polar surface area (TPSA) is 49.5 Å². The standard InChI is InChI=1S/C13H16F2N2OS/c14-8-1-2-10(11(15)7-8)12(13(16)19)17-5-3-9(18)4-6-17/h1-2,7,9,12,18H,3-6H2,(H2,16,19). The lowest BCUT2D eigenvalue weighted by Crippen LogP contribution is -2.43. The molecule has 0 aliphatic carbocycles. The average molecular weight is 286 g/mol. The number of benzene rings is 1. The smallest absolute Gasteiger partial charge is 0.131 e. The fourth-order valence-electron chi connectivity index (χ4n) is 2.40. The van der Waals surface area contributed by atoms with E-state index in [1.807, 2.05) is 4.90 Å². The first kappa shape index (κ1) is 14.3. The number of nitrogens with zero attached hydrogens (tertiary/aromatic N) is 1. The first-order valence-electron chi connectivity index (χ1n) is 6.15. The van der Waals surface area contributed by atoms with Crippen molar-refractivity contribution in [3.05, 3.63) is 35.4 Å². The molecule has 1 atom stereocenters. The molecule has 6 heteroatoms. The second kappa shape index (κ2) is 5.90. The summed E-state index contributed by atoms with van der Waals surface area (Å²) in [6.07, 6.45) is 0.866. The number of halogens is 2. The third-order valence-electron chi connectivity index (χ3n) is 3.39. The van der Waals surface area contributed by atoms with E-state index in [4.69, 9.17) is 18.0 Å². The zero-order valence-corrected chi connectivity index (χ0v) is 11.2. The van der Waals surface area contributed by atoms with Gasteiger partial charge in [0, 0.05) is 24.7 Å². The molecule has 3 nitrogen and oxygen atoms in total. The predicted molar refractivity (Wildman–Crippen MR) is 72.7 cm³/mol. The van der Waals surface area contributed by atoms with Crippen LogP contribution in [0.3, 0.4) is 0 Å². The Labute approximate surface area is 116 Å². The van der Waals surface area contributed by atoms with Gasteiger partial charge in [-0.1, -0.05) is 18.3 Å². The Morgan fingerprint density at radius 1 is 1.37 bits per heavy atom. The Morgan fingerprint density at radius 2 is 2.00 bits per heavy atom. The van der Waals surface area contributed by atoms with Gasteiger partial charge < -0.3 is 10.8 Å². The molecular formula is C13H16F2N2OS. The number of aliphatic hydroxyl groups excluding tert-OH is 1. The SMILES string of the molecule is NC(=S)C(c1ccc(F)cc1F)N1CCC(O)CC1. The van der Waals surface area contributed by atoms with Crippen LogP contribution in [-0.2, 0) is 0 Å². The fraction of sp³-hybridized carbons (Fsp3) is 0.462. The zero-order chi connectivity index (χ0) is 14.0. The average Bonchev–Trinajstić information content (AvgIpc) is 2.34. The first-order valence-corrected chi connectivity index (χ1v) is 6.56. The van der Waals surface area contributed by atoms with Gasteiger partial charge in [-0.2, -0.15) is 0 Å². The van der Waals surface area contributed by atoms with Crippen LogP contribution in [0.25, 0.3) is 0 Å². The minimum absolute atomic E-state index is 0.155. The third-order valence-corrected chi connectivity index (χ3v) is 3.61. The van der Waals surface area contributed by atoms with Crippen molar-refractivity contribution in [2.24, 2.45) is 5.73 Å². The summed E-state index contributed by atoms with van der Waals surface area (Å²) in [6, 6.07) is 2.85. The van der Waals surface area contributed by atoms with Gasteiger partial charge in [-0.3, -0.25) is 4.90 Å². The number of nitrogens with two attached hydrogens (primary N) is 1. The van der Waals surface area contributed by atoms with Crippen LogP contribution in [0, 0.1) is 11.6 Å². The summed E-state index contributed by atoms with van der Waals surface area (Å²) in [6.45, 7) is 1.17. The first-order chi connectivity index (χ1) is 8.99. The van der Waals surface area contributed by atoms with Crippen molar-refractivity contribution in [3.63, 3.8) is 0 Å². The number of piperidine rings is 1. The molecular weight excluding hydrogens is 270 g/mol. The molecule has 1 saturated heterocycles. The molecule has 0 bridgehead atoms. The Kier molecular flexibility index (Phi) is 4.44. The Balaban J connectivity index is 2.27. The lowest BCUT2D eigenvalue weighted by atomic mass is 10.00. The Morgan fingerprint density at radius 3 is 2.53 bits per heavy atom. The van der Waals surface area contributed by atoms with Crippen molar-refractivity contribution in [1.82, 2.24) is 4.90 Å². The molecule has 0 spiro atoms. The van der Waals surface area contributed by atoms with Gasteiger partial charge in [0.15, 0.2) is 0 Å². The maximum atomic E-state index is 13.9. The number of rotatable bonds is 3. The second-order valence-electron chi connectivity index (χ2n) is 4.74. The van der Waals surface area contributed by atoms with E-state index in [0.717, 1.165) is 6.07 Å². The number of likely N-dealkylation sites (tertiary alicyclic amines) is 1. The number of aliphatic hydroxyl groups is 1. The van der Waals surface area contributed by atoms with Crippen LogP contribution in [0.1, 0.15) is 24.4 Å². The molecule has 0 saturated carbocycles. The quantitative estimate of drug-likeness (QED) is 0.831. The largest absolute Gasteiger partial charge is 0.393 e. The van der Waals surface area contributed by atoms with E-state index in [2.05, 4.69) is 0 Å². The van der Waals surface area contributed by atoms with Crippen molar-refractivity contribution < 1.29 is 13.9 Å². The van der Waals surface area contributed by atoms with Gasteiger partial charge in [0.05, 0.1) is 17.1 Å². The minimum Gasteiger partial charge on any atom is -0.393 e. The maximum absolute atomic E-state index is 13.9. The molecule has 1 aromatic carbocycles. The summed E-state index contributed by atoms with van der Waals surface area (Å²) in [5, 5.41) is 9.49. The Bertz CT molecular complexity index is 476. The van der Waals surface area contributed by atoms with Gasteiger partial charge in [0.2, 0.25) is 0 Å². The number of thiocarbonyl (C=S) groups is 1. The van der Waals surface area contributed by atoms with Crippen molar-refractivity contribution in [1.29, 1.82) is 0 Å².